The lowest BCUT2D eigenvalue weighted by Gasteiger charge is -2.31. The molecule has 202 valence electrons. The number of fused-ring (bicyclic) bond motifs is 1. The van der Waals surface area contributed by atoms with Gasteiger partial charge >= 0.3 is 6.18 Å². The van der Waals surface area contributed by atoms with E-state index in [0.717, 1.165) is 9.47 Å². The third-order valence-electron chi connectivity index (χ3n) is 6.24. The maximum atomic E-state index is 14.0. The summed E-state index contributed by atoms with van der Waals surface area (Å²) in [6, 6.07) is 8.02. The van der Waals surface area contributed by atoms with Gasteiger partial charge in [0.15, 0.2) is 17.5 Å². The van der Waals surface area contributed by atoms with E-state index in [9.17, 15) is 35.9 Å². The molecule has 1 aromatic heterocycles. The van der Waals surface area contributed by atoms with Gasteiger partial charge in [-0.2, -0.15) is 13.2 Å². The van der Waals surface area contributed by atoms with Gasteiger partial charge in [-0.15, -0.1) is 0 Å². The molecular formula is C25H23F6N5O2. The number of carbonyl (C=O) groups excluding carboxylic acids is 2. The Kier molecular flexibility index (Phi) is 7.49. The van der Waals surface area contributed by atoms with E-state index in [2.05, 4.69) is 4.98 Å². The van der Waals surface area contributed by atoms with E-state index in [1.165, 1.54) is 24.1 Å². The van der Waals surface area contributed by atoms with Gasteiger partial charge in [0.1, 0.15) is 5.82 Å². The number of nitrogens with two attached hydrogens (primary N) is 1. The van der Waals surface area contributed by atoms with Crippen molar-refractivity contribution in [2.75, 3.05) is 18.5 Å². The lowest BCUT2D eigenvalue weighted by molar-refractivity contribution is -0.148. The number of hydrogen-bond donors (Lipinski definition) is 1. The molecule has 0 unspecified atom stereocenters. The van der Waals surface area contributed by atoms with Gasteiger partial charge in [0.05, 0.1) is 12.2 Å². The Bertz CT molecular complexity index is 1360. The van der Waals surface area contributed by atoms with Crippen LogP contribution >= 0.6 is 0 Å². The Morgan fingerprint density at radius 2 is 1.71 bits per heavy atom. The van der Waals surface area contributed by atoms with Crippen molar-refractivity contribution in [1.82, 2.24) is 14.5 Å². The summed E-state index contributed by atoms with van der Waals surface area (Å²) >= 11 is 0. The van der Waals surface area contributed by atoms with Crippen LogP contribution in [-0.4, -0.2) is 45.9 Å². The van der Waals surface area contributed by atoms with Crippen LogP contribution < -0.4 is 10.6 Å². The fourth-order valence-electron chi connectivity index (χ4n) is 4.35. The average molecular weight is 539 g/mol. The van der Waals surface area contributed by atoms with Crippen LogP contribution in [0.25, 0.3) is 0 Å². The van der Waals surface area contributed by atoms with Gasteiger partial charge in [-0.05, 0) is 30.2 Å². The van der Waals surface area contributed by atoms with E-state index in [1.54, 1.807) is 18.2 Å². The summed E-state index contributed by atoms with van der Waals surface area (Å²) in [5.41, 5.74) is 6.01. The summed E-state index contributed by atoms with van der Waals surface area (Å²) in [4.78, 5) is 31.8. The quantitative estimate of drug-likeness (QED) is 0.381. The molecule has 0 fully saturated rings. The molecule has 1 aliphatic heterocycles. The van der Waals surface area contributed by atoms with Gasteiger partial charge in [0.25, 0.3) is 5.91 Å². The van der Waals surface area contributed by atoms with Crippen molar-refractivity contribution < 1.29 is 35.9 Å². The molecule has 1 atom stereocenters. The highest BCUT2D eigenvalue weighted by atomic mass is 19.4. The Hall–Kier alpha value is -3.87. The SMILES string of the molecule is CN(C(=O)c1ccccc1)c1nc(C(F)(F)F)n2c1CN(C(=O)C[C@H](N)Cc1cc(F)c(F)cc1F)CC2. The molecule has 7 nitrogen and oxygen atoms in total. The second-order valence-electron chi connectivity index (χ2n) is 8.93. The molecule has 0 saturated heterocycles. The third kappa shape index (κ3) is 5.52. The smallest absolute Gasteiger partial charge is 0.335 e. The van der Waals surface area contributed by atoms with Crippen LogP contribution in [0.15, 0.2) is 42.5 Å². The van der Waals surface area contributed by atoms with E-state index in [-0.39, 0.29) is 55.1 Å². The van der Waals surface area contributed by atoms with Crippen molar-refractivity contribution in [2.45, 2.75) is 38.1 Å². The van der Waals surface area contributed by atoms with Crippen molar-refractivity contribution in [1.29, 1.82) is 0 Å². The number of anilines is 1. The molecule has 2 aromatic carbocycles. The van der Waals surface area contributed by atoms with Crippen molar-refractivity contribution >= 4 is 17.6 Å². The minimum Gasteiger partial charge on any atom is -0.335 e. The number of hydrogen-bond acceptors (Lipinski definition) is 4. The minimum atomic E-state index is -4.80. The van der Waals surface area contributed by atoms with Gasteiger partial charge in [0.2, 0.25) is 11.7 Å². The zero-order valence-electron chi connectivity index (χ0n) is 20.1. The summed E-state index contributed by atoms with van der Waals surface area (Å²) in [6.07, 6.45) is -5.39. The number of aromatic nitrogens is 2. The molecule has 1 aliphatic rings. The zero-order chi connectivity index (χ0) is 27.8. The number of halogens is 6. The molecular weight excluding hydrogens is 516 g/mol. The van der Waals surface area contributed by atoms with Crippen LogP contribution in [0.4, 0.5) is 32.2 Å². The fraction of sp³-hybridized carbons (Fsp3) is 0.320. The molecule has 2 heterocycles. The summed E-state index contributed by atoms with van der Waals surface area (Å²) in [6.45, 7) is -0.605. The van der Waals surface area contributed by atoms with Crippen LogP contribution in [0.2, 0.25) is 0 Å². The number of imidazole rings is 1. The highest BCUT2D eigenvalue weighted by molar-refractivity contribution is 6.05. The molecule has 0 radical (unpaired) electrons. The molecule has 13 heteroatoms. The molecule has 0 saturated carbocycles. The van der Waals surface area contributed by atoms with Gasteiger partial charge in [0, 0.05) is 44.2 Å². The zero-order valence-corrected chi connectivity index (χ0v) is 20.1. The second kappa shape index (κ2) is 10.5. The summed E-state index contributed by atoms with van der Waals surface area (Å²) in [5, 5.41) is 0. The Morgan fingerprint density at radius 1 is 1.05 bits per heavy atom. The largest absolute Gasteiger partial charge is 0.449 e. The normalized spacial score (nSPS) is 14.3. The van der Waals surface area contributed by atoms with Crippen LogP contribution in [0.3, 0.4) is 0 Å². The molecule has 2 N–H and O–H groups in total. The van der Waals surface area contributed by atoms with Crippen molar-refractivity contribution in [3.63, 3.8) is 0 Å². The third-order valence-corrected chi connectivity index (χ3v) is 6.24. The molecule has 4 rings (SSSR count). The Labute approximate surface area is 213 Å². The monoisotopic (exact) mass is 539 g/mol. The fourth-order valence-corrected chi connectivity index (χ4v) is 4.35. The second-order valence-corrected chi connectivity index (χ2v) is 8.93. The first-order chi connectivity index (χ1) is 17.9. The Morgan fingerprint density at radius 3 is 2.37 bits per heavy atom. The summed E-state index contributed by atoms with van der Waals surface area (Å²) in [5.74, 6) is -6.17. The van der Waals surface area contributed by atoms with Crippen molar-refractivity contribution in [3.05, 3.63) is 82.6 Å². The highest BCUT2D eigenvalue weighted by Gasteiger charge is 2.42. The van der Waals surface area contributed by atoms with Crippen LogP contribution in [0.1, 0.15) is 33.9 Å². The number of nitrogens with zero attached hydrogens (tertiary/aromatic N) is 4. The molecule has 0 spiro atoms. The van der Waals surface area contributed by atoms with Crippen LogP contribution in [0.5, 0.6) is 0 Å². The van der Waals surface area contributed by atoms with Crippen LogP contribution in [-0.2, 0) is 30.5 Å². The van der Waals surface area contributed by atoms with E-state index in [4.69, 9.17) is 5.73 Å². The van der Waals surface area contributed by atoms with Gasteiger partial charge < -0.3 is 15.2 Å². The molecule has 2 amide bonds. The van der Waals surface area contributed by atoms with Crippen LogP contribution in [0, 0.1) is 17.5 Å². The lowest BCUT2D eigenvalue weighted by Crippen LogP contribution is -2.42. The average Bonchev–Trinajstić information content (AvgIpc) is 3.26. The number of alkyl halides is 3. The van der Waals surface area contributed by atoms with Crippen molar-refractivity contribution in [2.24, 2.45) is 5.73 Å². The standard InChI is InChI=1S/C25H23F6N5O2/c1-34(23(38)14-5-3-2-4-6-14)22-20-13-35(7-8-36(20)24(33-22)25(29,30)31)21(37)11-16(32)9-15-10-18(27)19(28)12-17(15)26/h2-6,10,12,16H,7-9,11,13,32H2,1H3/t16-/m1/s1. The maximum Gasteiger partial charge on any atom is 0.449 e. The number of carbonyl (C=O) groups is 2. The van der Waals surface area contributed by atoms with E-state index >= 15 is 0 Å². The molecule has 38 heavy (non-hydrogen) atoms. The summed E-state index contributed by atoms with van der Waals surface area (Å²) < 4.78 is 82.8. The van der Waals surface area contributed by atoms with E-state index in [0.29, 0.717) is 12.1 Å². The van der Waals surface area contributed by atoms with E-state index in [1.807, 2.05) is 0 Å². The highest BCUT2D eigenvalue weighted by Crippen LogP contribution is 2.35. The molecule has 3 aromatic rings. The van der Waals surface area contributed by atoms with E-state index < -0.39 is 47.3 Å². The number of rotatable bonds is 6. The molecule has 0 aliphatic carbocycles. The van der Waals surface area contributed by atoms with Crippen molar-refractivity contribution in [3.8, 4) is 0 Å². The predicted molar refractivity (Wildman–Crippen MR) is 124 cm³/mol. The summed E-state index contributed by atoms with van der Waals surface area (Å²) in [7, 11) is 1.30. The van der Waals surface area contributed by atoms with Gasteiger partial charge in [-0.25, -0.2) is 18.2 Å². The van der Waals surface area contributed by atoms with Gasteiger partial charge in [-0.1, -0.05) is 18.2 Å². The first kappa shape index (κ1) is 27.2. The predicted octanol–water partition coefficient (Wildman–Crippen LogP) is 3.90. The molecule has 0 bridgehead atoms. The first-order valence-electron chi connectivity index (χ1n) is 11.5. The Balaban J connectivity index is 1.54. The number of amides is 2. The first-order valence-corrected chi connectivity index (χ1v) is 11.5. The van der Waals surface area contributed by atoms with Gasteiger partial charge in [-0.3, -0.25) is 14.5 Å². The topological polar surface area (TPSA) is 84.5 Å². The minimum absolute atomic E-state index is 0.0175. The number of benzene rings is 2. The lowest BCUT2D eigenvalue weighted by atomic mass is 10.0. The maximum absolute atomic E-state index is 14.0.